The monoisotopic (exact) mass is 276 g/mol. The van der Waals surface area contributed by atoms with E-state index in [-0.39, 0.29) is 6.04 Å². The number of nitrogens with zero attached hydrogens (tertiary/aromatic N) is 1. The minimum absolute atomic E-state index is 0.142. The predicted octanol–water partition coefficient (Wildman–Crippen LogP) is 2.89. The SMILES string of the molecule is CCOC1CCCN(CCC(N)c2ccccc2C)C1. The lowest BCUT2D eigenvalue weighted by Crippen LogP contribution is -2.40. The zero-order valence-electron chi connectivity index (χ0n) is 12.8. The molecule has 0 bridgehead atoms. The Morgan fingerprint density at radius 3 is 2.95 bits per heavy atom. The molecule has 2 atom stereocenters. The molecule has 0 aromatic heterocycles. The maximum absolute atomic E-state index is 6.35. The van der Waals surface area contributed by atoms with Gasteiger partial charge < -0.3 is 15.4 Å². The normalized spacial score (nSPS) is 21.9. The second-order valence-electron chi connectivity index (χ2n) is 5.77. The third kappa shape index (κ3) is 4.30. The molecular formula is C17H28N2O. The Hall–Kier alpha value is -0.900. The van der Waals surface area contributed by atoms with Crippen molar-refractivity contribution in [2.45, 2.75) is 45.3 Å². The first-order chi connectivity index (χ1) is 9.70. The maximum atomic E-state index is 6.35. The van der Waals surface area contributed by atoms with Crippen LogP contribution in [0.4, 0.5) is 0 Å². The number of rotatable bonds is 6. The number of piperidine rings is 1. The van der Waals surface area contributed by atoms with Gasteiger partial charge in [-0.05, 0) is 50.8 Å². The summed E-state index contributed by atoms with van der Waals surface area (Å²) in [5.74, 6) is 0. The Kier molecular flexibility index (Phi) is 6.02. The van der Waals surface area contributed by atoms with Crippen molar-refractivity contribution in [1.82, 2.24) is 4.90 Å². The first-order valence-corrected chi connectivity index (χ1v) is 7.85. The molecule has 112 valence electrons. The smallest absolute Gasteiger partial charge is 0.0702 e. The van der Waals surface area contributed by atoms with Crippen LogP contribution in [0.2, 0.25) is 0 Å². The Bertz CT molecular complexity index is 406. The molecule has 1 aliphatic heterocycles. The van der Waals surface area contributed by atoms with Gasteiger partial charge in [-0.2, -0.15) is 0 Å². The lowest BCUT2D eigenvalue weighted by molar-refractivity contribution is 0.00529. The molecule has 3 heteroatoms. The van der Waals surface area contributed by atoms with Crippen molar-refractivity contribution >= 4 is 0 Å². The molecule has 0 spiro atoms. The molecule has 2 unspecified atom stereocenters. The van der Waals surface area contributed by atoms with Crippen LogP contribution in [0.15, 0.2) is 24.3 Å². The molecule has 3 nitrogen and oxygen atoms in total. The van der Waals surface area contributed by atoms with Crippen LogP contribution < -0.4 is 5.73 Å². The van der Waals surface area contributed by atoms with Gasteiger partial charge in [-0.1, -0.05) is 24.3 Å². The van der Waals surface area contributed by atoms with Gasteiger partial charge in [-0.25, -0.2) is 0 Å². The largest absolute Gasteiger partial charge is 0.377 e. The highest BCUT2D eigenvalue weighted by atomic mass is 16.5. The molecule has 0 radical (unpaired) electrons. The number of benzene rings is 1. The lowest BCUT2D eigenvalue weighted by Gasteiger charge is -2.33. The van der Waals surface area contributed by atoms with Crippen molar-refractivity contribution in [2.24, 2.45) is 5.73 Å². The molecule has 0 amide bonds. The fraction of sp³-hybridized carbons (Fsp3) is 0.647. The van der Waals surface area contributed by atoms with E-state index in [1.54, 1.807) is 0 Å². The van der Waals surface area contributed by atoms with Crippen LogP contribution in [0.3, 0.4) is 0 Å². The van der Waals surface area contributed by atoms with Gasteiger partial charge in [0.1, 0.15) is 0 Å². The second-order valence-corrected chi connectivity index (χ2v) is 5.77. The highest BCUT2D eigenvalue weighted by Gasteiger charge is 2.20. The van der Waals surface area contributed by atoms with Crippen LogP contribution in [0.5, 0.6) is 0 Å². The van der Waals surface area contributed by atoms with Gasteiger partial charge in [-0.15, -0.1) is 0 Å². The van der Waals surface area contributed by atoms with Crippen LogP contribution in [0.25, 0.3) is 0 Å². The third-order valence-electron chi connectivity index (χ3n) is 4.21. The molecular weight excluding hydrogens is 248 g/mol. The molecule has 1 aliphatic rings. The zero-order chi connectivity index (χ0) is 14.4. The summed E-state index contributed by atoms with van der Waals surface area (Å²) < 4.78 is 5.75. The molecule has 2 N–H and O–H groups in total. The summed E-state index contributed by atoms with van der Waals surface area (Å²) in [5, 5.41) is 0. The van der Waals surface area contributed by atoms with E-state index in [2.05, 4.69) is 43.0 Å². The topological polar surface area (TPSA) is 38.5 Å². The van der Waals surface area contributed by atoms with Gasteiger partial charge >= 0.3 is 0 Å². The van der Waals surface area contributed by atoms with E-state index in [1.165, 1.54) is 30.5 Å². The molecule has 1 aromatic carbocycles. The first-order valence-electron chi connectivity index (χ1n) is 7.85. The zero-order valence-corrected chi connectivity index (χ0v) is 12.8. The number of ether oxygens (including phenoxy) is 1. The molecule has 1 heterocycles. The van der Waals surface area contributed by atoms with E-state index >= 15 is 0 Å². The van der Waals surface area contributed by atoms with Gasteiger partial charge in [0.25, 0.3) is 0 Å². The van der Waals surface area contributed by atoms with Crippen LogP contribution >= 0.6 is 0 Å². The second kappa shape index (κ2) is 7.77. The molecule has 0 saturated carbocycles. The van der Waals surface area contributed by atoms with E-state index in [4.69, 9.17) is 10.5 Å². The summed E-state index contributed by atoms with van der Waals surface area (Å²) in [7, 11) is 0. The highest BCUT2D eigenvalue weighted by Crippen LogP contribution is 2.20. The van der Waals surface area contributed by atoms with Crippen molar-refractivity contribution in [3.05, 3.63) is 35.4 Å². The van der Waals surface area contributed by atoms with Crippen LogP contribution in [-0.4, -0.2) is 37.2 Å². The number of hydrogen-bond donors (Lipinski definition) is 1. The summed E-state index contributed by atoms with van der Waals surface area (Å²) >= 11 is 0. The van der Waals surface area contributed by atoms with Gasteiger partial charge in [0, 0.05) is 25.7 Å². The molecule has 1 aromatic rings. The molecule has 0 aliphatic carbocycles. The number of nitrogens with two attached hydrogens (primary N) is 1. The number of likely N-dealkylation sites (tertiary alicyclic amines) is 1. The predicted molar refractivity (Wildman–Crippen MR) is 83.8 cm³/mol. The van der Waals surface area contributed by atoms with E-state index in [0.717, 1.165) is 26.1 Å². The molecule has 1 saturated heterocycles. The summed E-state index contributed by atoms with van der Waals surface area (Å²) in [6.45, 7) is 8.35. The summed E-state index contributed by atoms with van der Waals surface area (Å²) in [6.07, 6.45) is 3.88. The van der Waals surface area contributed by atoms with Crippen LogP contribution in [0, 0.1) is 6.92 Å². The van der Waals surface area contributed by atoms with Crippen molar-refractivity contribution in [3.63, 3.8) is 0 Å². The van der Waals surface area contributed by atoms with Gasteiger partial charge in [-0.3, -0.25) is 0 Å². The average molecular weight is 276 g/mol. The quantitative estimate of drug-likeness (QED) is 0.868. The first kappa shape index (κ1) is 15.5. The molecule has 1 fully saturated rings. The van der Waals surface area contributed by atoms with E-state index < -0.39 is 0 Å². The fourth-order valence-electron chi connectivity index (χ4n) is 3.07. The third-order valence-corrected chi connectivity index (χ3v) is 4.21. The van der Waals surface area contributed by atoms with Crippen molar-refractivity contribution in [3.8, 4) is 0 Å². The van der Waals surface area contributed by atoms with Gasteiger partial charge in [0.2, 0.25) is 0 Å². The maximum Gasteiger partial charge on any atom is 0.0702 e. The number of aryl methyl sites for hydroxylation is 1. The van der Waals surface area contributed by atoms with Gasteiger partial charge in [0.05, 0.1) is 6.10 Å². The van der Waals surface area contributed by atoms with Crippen molar-refractivity contribution in [2.75, 3.05) is 26.2 Å². The van der Waals surface area contributed by atoms with E-state index in [9.17, 15) is 0 Å². The van der Waals surface area contributed by atoms with E-state index in [0.29, 0.717) is 6.10 Å². The molecule has 20 heavy (non-hydrogen) atoms. The highest BCUT2D eigenvalue weighted by molar-refractivity contribution is 5.28. The van der Waals surface area contributed by atoms with E-state index in [1.807, 2.05) is 0 Å². The minimum Gasteiger partial charge on any atom is -0.377 e. The van der Waals surface area contributed by atoms with Crippen molar-refractivity contribution < 1.29 is 4.74 Å². The Balaban J connectivity index is 1.81. The Morgan fingerprint density at radius 1 is 1.40 bits per heavy atom. The standard InChI is InChI=1S/C17H28N2O/c1-3-20-15-8-6-11-19(13-15)12-10-17(18)16-9-5-4-7-14(16)2/h4-5,7,9,15,17H,3,6,8,10-13,18H2,1-2H3. The average Bonchev–Trinajstić information content (AvgIpc) is 2.46. The lowest BCUT2D eigenvalue weighted by atomic mass is 9.99. The molecule has 2 rings (SSSR count). The van der Waals surface area contributed by atoms with Crippen molar-refractivity contribution in [1.29, 1.82) is 0 Å². The van der Waals surface area contributed by atoms with Crippen LogP contribution in [-0.2, 0) is 4.74 Å². The Morgan fingerprint density at radius 2 is 2.20 bits per heavy atom. The minimum atomic E-state index is 0.142. The Labute approximate surface area is 123 Å². The summed E-state index contributed by atoms with van der Waals surface area (Å²) in [6, 6.07) is 8.58. The van der Waals surface area contributed by atoms with Crippen LogP contribution in [0.1, 0.15) is 43.4 Å². The summed E-state index contributed by atoms with van der Waals surface area (Å²) in [5.41, 5.74) is 8.93. The summed E-state index contributed by atoms with van der Waals surface area (Å²) in [4.78, 5) is 2.50. The number of hydrogen-bond acceptors (Lipinski definition) is 3. The fourth-order valence-corrected chi connectivity index (χ4v) is 3.07. The van der Waals surface area contributed by atoms with Gasteiger partial charge in [0.15, 0.2) is 0 Å².